The molecule has 134 valence electrons. The van der Waals surface area contributed by atoms with Crippen molar-refractivity contribution in [2.45, 2.75) is 52.2 Å². The number of benzene rings is 1. The summed E-state index contributed by atoms with van der Waals surface area (Å²) in [6.07, 6.45) is 2.94. The molecule has 4 nitrogen and oxygen atoms in total. The first-order valence-electron chi connectivity index (χ1n) is 9.05. The highest BCUT2D eigenvalue weighted by Gasteiger charge is 2.32. The number of esters is 1. The molecule has 2 N–H and O–H groups in total. The van der Waals surface area contributed by atoms with Crippen molar-refractivity contribution in [1.29, 1.82) is 0 Å². The van der Waals surface area contributed by atoms with E-state index in [1.165, 1.54) is 5.56 Å². The van der Waals surface area contributed by atoms with E-state index in [2.05, 4.69) is 38.1 Å². The molecule has 4 heteroatoms. The molecule has 4 atom stereocenters. The van der Waals surface area contributed by atoms with Crippen molar-refractivity contribution < 1.29 is 14.3 Å². The summed E-state index contributed by atoms with van der Waals surface area (Å²) in [6.45, 7) is 7.30. The first-order chi connectivity index (χ1) is 11.5. The lowest BCUT2D eigenvalue weighted by Gasteiger charge is -2.31. The first-order valence-corrected chi connectivity index (χ1v) is 9.05. The molecule has 0 unspecified atom stereocenters. The van der Waals surface area contributed by atoms with Crippen LogP contribution in [0.1, 0.15) is 39.2 Å². The Hall–Kier alpha value is -1.39. The van der Waals surface area contributed by atoms with Crippen molar-refractivity contribution in [2.75, 3.05) is 13.2 Å². The van der Waals surface area contributed by atoms with Crippen LogP contribution in [-0.2, 0) is 20.7 Å². The van der Waals surface area contributed by atoms with E-state index in [0.717, 1.165) is 19.3 Å². The third-order valence-electron chi connectivity index (χ3n) is 4.86. The van der Waals surface area contributed by atoms with Crippen LogP contribution < -0.4 is 5.73 Å². The zero-order chi connectivity index (χ0) is 17.5. The Morgan fingerprint density at radius 1 is 1.21 bits per heavy atom. The van der Waals surface area contributed by atoms with Gasteiger partial charge < -0.3 is 15.2 Å². The molecule has 1 saturated heterocycles. The maximum absolute atomic E-state index is 12.1. The van der Waals surface area contributed by atoms with Gasteiger partial charge in [-0.25, -0.2) is 0 Å². The summed E-state index contributed by atoms with van der Waals surface area (Å²) in [7, 11) is 0. The zero-order valence-corrected chi connectivity index (χ0v) is 15.1. The lowest BCUT2D eigenvalue weighted by Crippen LogP contribution is -2.38. The third-order valence-corrected chi connectivity index (χ3v) is 4.86. The van der Waals surface area contributed by atoms with E-state index in [-0.39, 0.29) is 24.6 Å². The molecule has 1 aliphatic heterocycles. The van der Waals surface area contributed by atoms with Gasteiger partial charge in [-0.2, -0.15) is 0 Å². The van der Waals surface area contributed by atoms with Crippen LogP contribution in [0.2, 0.25) is 0 Å². The summed E-state index contributed by atoms with van der Waals surface area (Å²) in [5, 5.41) is 0. The minimum Gasteiger partial charge on any atom is -0.461 e. The zero-order valence-electron chi connectivity index (χ0n) is 15.1. The summed E-state index contributed by atoms with van der Waals surface area (Å²) in [5.74, 6) is 0.875. The molecule has 0 amide bonds. The highest BCUT2D eigenvalue weighted by molar-refractivity contribution is 5.75. The molecule has 1 aromatic rings. The molecule has 1 aromatic carbocycles. The van der Waals surface area contributed by atoms with Gasteiger partial charge in [-0.3, -0.25) is 4.79 Å². The predicted molar refractivity (Wildman–Crippen MR) is 95.5 cm³/mol. The minimum atomic E-state index is -0.686. The van der Waals surface area contributed by atoms with Crippen LogP contribution in [0, 0.1) is 17.8 Å². The van der Waals surface area contributed by atoms with Crippen molar-refractivity contribution in [3.8, 4) is 0 Å². The van der Waals surface area contributed by atoms with Crippen LogP contribution in [0.15, 0.2) is 30.3 Å². The fourth-order valence-corrected chi connectivity index (χ4v) is 3.40. The quantitative estimate of drug-likeness (QED) is 0.841. The molecule has 0 radical (unpaired) electrons. The highest BCUT2D eigenvalue weighted by Crippen LogP contribution is 2.30. The second-order valence-electron chi connectivity index (χ2n) is 7.37. The van der Waals surface area contributed by atoms with Crippen molar-refractivity contribution >= 4 is 5.97 Å². The third kappa shape index (κ3) is 5.60. The number of rotatable bonds is 5. The van der Waals surface area contributed by atoms with Gasteiger partial charge in [-0.15, -0.1) is 0 Å². The van der Waals surface area contributed by atoms with Gasteiger partial charge >= 0.3 is 5.97 Å². The van der Waals surface area contributed by atoms with Crippen molar-refractivity contribution in [1.82, 2.24) is 0 Å². The molecule has 2 rings (SSSR count). The number of carbonyl (C=O) groups excluding carboxylic acids is 1. The van der Waals surface area contributed by atoms with Gasteiger partial charge in [0.2, 0.25) is 0 Å². The Morgan fingerprint density at radius 2 is 1.92 bits per heavy atom. The minimum absolute atomic E-state index is 0.141. The molecule has 1 heterocycles. The van der Waals surface area contributed by atoms with E-state index >= 15 is 0 Å². The predicted octanol–water partition coefficient (Wildman–Crippen LogP) is 3.19. The molecular weight excluding hydrogens is 302 g/mol. The fourth-order valence-electron chi connectivity index (χ4n) is 3.40. The Kier molecular flexibility index (Phi) is 7.25. The van der Waals surface area contributed by atoms with Gasteiger partial charge in [0.25, 0.3) is 0 Å². The van der Waals surface area contributed by atoms with Gasteiger partial charge in [-0.05, 0) is 37.2 Å². The van der Waals surface area contributed by atoms with Crippen LogP contribution in [-0.4, -0.2) is 31.3 Å². The van der Waals surface area contributed by atoms with Crippen LogP contribution in [0.25, 0.3) is 0 Å². The van der Waals surface area contributed by atoms with Gasteiger partial charge in [0, 0.05) is 5.92 Å². The van der Waals surface area contributed by atoms with E-state index in [9.17, 15) is 4.79 Å². The first kappa shape index (κ1) is 18.9. The monoisotopic (exact) mass is 333 g/mol. The molecule has 0 bridgehead atoms. The molecule has 1 fully saturated rings. The van der Waals surface area contributed by atoms with Gasteiger partial charge in [-0.1, -0.05) is 50.6 Å². The molecule has 24 heavy (non-hydrogen) atoms. The van der Waals surface area contributed by atoms with E-state index in [0.29, 0.717) is 18.4 Å². The summed E-state index contributed by atoms with van der Waals surface area (Å²) >= 11 is 0. The summed E-state index contributed by atoms with van der Waals surface area (Å²) in [4.78, 5) is 12.1. The Balaban J connectivity index is 2.17. The summed E-state index contributed by atoms with van der Waals surface area (Å²) < 4.78 is 11.4. The summed E-state index contributed by atoms with van der Waals surface area (Å²) in [5.41, 5.74) is 7.14. The van der Waals surface area contributed by atoms with E-state index in [1.54, 1.807) is 0 Å². The molecule has 1 aliphatic rings. The lowest BCUT2D eigenvalue weighted by molar-refractivity contribution is -0.153. The number of hydrogen-bond acceptors (Lipinski definition) is 4. The SMILES string of the molecule is CC(C)CC[C@@H]1[C@@H](Cc2ccccc2)COC[C@H](N)C(=O)O[C@H]1C. The second kappa shape index (κ2) is 9.19. The number of carbonyl (C=O) groups is 1. The van der Waals surface area contributed by atoms with Gasteiger partial charge in [0.1, 0.15) is 12.1 Å². The van der Waals surface area contributed by atoms with Crippen LogP contribution in [0.4, 0.5) is 0 Å². The Morgan fingerprint density at radius 3 is 2.58 bits per heavy atom. The van der Waals surface area contributed by atoms with Crippen LogP contribution in [0.3, 0.4) is 0 Å². The average molecular weight is 333 g/mol. The van der Waals surface area contributed by atoms with Gasteiger partial charge in [0.05, 0.1) is 13.2 Å². The van der Waals surface area contributed by atoms with E-state index < -0.39 is 6.04 Å². The van der Waals surface area contributed by atoms with E-state index in [4.69, 9.17) is 15.2 Å². The fraction of sp³-hybridized carbons (Fsp3) is 0.650. The van der Waals surface area contributed by atoms with Crippen molar-refractivity contribution in [3.63, 3.8) is 0 Å². The Bertz CT molecular complexity index is 503. The molecule has 0 spiro atoms. The number of cyclic esters (lactones) is 1. The molecule has 0 aliphatic carbocycles. The maximum Gasteiger partial charge on any atom is 0.325 e. The normalized spacial score (nSPS) is 28.8. The largest absolute Gasteiger partial charge is 0.461 e. The standard InChI is InChI=1S/C20H31NO3/c1-14(2)9-10-18-15(3)24-20(22)19(21)13-23-12-17(18)11-16-7-5-4-6-8-16/h4-8,14-15,17-19H,9-13,21H2,1-3H3/t15-,17-,18-,19-/m0/s1. The number of hydrogen-bond donors (Lipinski definition) is 1. The molecule has 0 saturated carbocycles. The topological polar surface area (TPSA) is 61.5 Å². The average Bonchev–Trinajstić information content (AvgIpc) is 2.58. The molecular formula is C20H31NO3. The number of ether oxygens (including phenoxy) is 2. The van der Waals surface area contributed by atoms with Crippen LogP contribution in [0.5, 0.6) is 0 Å². The smallest absolute Gasteiger partial charge is 0.325 e. The lowest BCUT2D eigenvalue weighted by atomic mass is 9.80. The molecule has 0 aromatic heterocycles. The van der Waals surface area contributed by atoms with Crippen LogP contribution >= 0.6 is 0 Å². The second-order valence-corrected chi connectivity index (χ2v) is 7.37. The maximum atomic E-state index is 12.1. The Labute approximate surface area is 145 Å². The van der Waals surface area contributed by atoms with Crippen molar-refractivity contribution in [2.24, 2.45) is 23.5 Å². The summed E-state index contributed by atoms with van der Waals surface area (Å²) in [6, 6.07) is 9.77. The van der Waals surface area contributed by atoms with Crippen molar-refractivity contribution in [3.05, 3.63) is 35.9 Å². The van der Waals surface area contributed by atoms with E-state index in [1.807, 2.05) is 13.0 Å². The number of nitrogens with two attached hydrogens (primary N) is 1. The highest BCUT2D eigenvalue weighted by atomic mass is 16.5. The van der Waals surface area contributed by atoms with Gasteiger partial charge in [0.15, 0.2) is 0 Å².